The first kappa shape index (κ1) is 24.3. The lowest BCUT2D eigenvalue weighted by atomic mass is 10.2. The molecule has 6 nitrogen and oxygen atoms in total. The maximum absolute atomic E-state index is 13.3. The molecule has 0 aliphatic carbocycles. The van der Waals surface area contributed by atoms with E-state index in [4.69, 9.17) is 4.98 Å². The molecule has 0 saturated carbocycles. The van der Waals surface area contributed by atoms with Gasteiger partial charge < -0.3 is 10.2 Å². The molecule has 1 aromatic heterocycles. The van der Waals surface area contributed by atoms with Crippen LogP contribution in [-0.2, 0) is 4.79 Å². The predicted molar refractivity (Wildman–Crippen MR) is 146 cm³/mol. The molecule has 1 amide bonds. The van der Waals surface area contributed by atoms with Gasteiger partial charge in [0, 0.05) is 23.6 Å². The summed E-state index contributed by atoms with van der Waals surface area (Å²) < 4.78 is 0. The van der Waals surface area contributed by atoms with E-state index in [2.05, 4.69) is 34.8 Å². The summed E-state index contributed by atoms with van der Waals surface area (Å²) in [6.45, 7) is 4.89. The average Bonchev–Trinajstić information content (AvgIpc) is 2.88. The molecule has 0 radical (unpaired) electrons. The van der Waals surface area contributed by atoms with E-state index >= 15 is 0 Å². The highest BCUT2D eigenvalue weighted by atomic mass is 32.1. The summed E-state index contributed by atoms with van der Waals surface area (Å²) in [7, 11) is 0. The van der Waals surface area contributed by atoms with Gasteiger partial charge in [-0.2, -0.15) is 0 Å². The molecular formula is C28H29N5OS. The van der Waals surface area contributed by atoms with E-state index in [0.717, 1.165) is 30.0 Å². The molecule has 0 saturated heterocycles. The fraction of sp³-hybridized carbons (Fsp3) is 0.179. The van der Waals surface area contributed by atoms with Crippen LogP contribution in [0.3, 0.4) is 0 Å². The van der Waals surface area contributed by atoms with Crippen LogP contribution in [0.4, 0.5) is 28.6 Å². The second-order valence-electron chi connectivity index (χ2n) is 8.10. The SMILES string of the molecule is CCCN(CC(=O)Nc1c(S)nc(C)nc1N(c1ccccc1)c1ccccc1)c1ccccc1. The summed E-state index contributed by atoms with van der Waals surface area (Å²) in [5, 5.41) is 3.48. The maximum Gasteiger partial charge on any atom is 0.244 e. The highest BCUT2D eigenvalue weighted by molar-refractivity contribution is 7.80. The van der Waals surface area contributed by atoms with Gasteiger partial charge in [-0.15, -0.1) is 12.6 Å². The van der Waals surface area contributed by atoms with Gasteiger partial charge in [0.25, 0.3) is 0 Å². The van der Waals surface area contributed by atoms with E-state index in [-0.39, 0.29) is 12.5 Å². The third-order valence-electron chi connectivity index (χ3n) is 5.44. The molecule has 0 atom stereocenters. The number of para-hydroxylation sites is 3. The van der Waals surface area contributed by atoms with Crippen LogP contribution < -0.4 is 15.1 Å². The summed E-state index contributed by atoms with van der Waals surface area (Å²) in [6.07, 6.45) is 0.925. The zero-order valence-corrected chi connectivity index (χ0v) is 20.8. The minimum absolute atomic E-state index is 0.160. The molecule has 1 heterocycles. The molecule has 35 heavy (non-hydrogen) atoms. The highest BCUT2D eigenvalue weighted by Crippen LogP contribution is 2.39. The summed E-state index contributed by atoms with van der Waals surface area (Å²) in [5.74, 6) is 0.971. The van der Waals surface area contributed by atoms with Gasteiger partial charge in [0.1, 0.15) is 16.5 Å². The fourth-order valence-electron chi connectivity index (χ4n) is 3.93. The predicted octanol–water partition coefficient (Wildman–Crippen LogP) is 6.40. The molecule has 0 aliphatic heterocycles. The van der Waals surface area contributed by atoms with E-state index < -0.39 is 0 Å². The first-order chi connectivity index (χ1) is 17.1. The number of rotatable bonds is 9. The molecule has 4 aromatic rings. The number of aryl methyl sites for hydroxylation is 1. The molecule has 3 aromatic carbocycles. The second kappa shape index (κ2) is 11.5. The Labute approximate surface area is 212 Å². The first-order valence-corrected chi connectivity index (χ1v) is 12.1. The number of aromatic nitrogens is 2. The van der Waals surface area contributed by atoms with Crippen molar-refractivity contribution in [3.05, 3.63) is 96.8 Å². The zero-order chi connectivity index (χ0) is 24.6. The van der Waals surface area contributed by atoms with Gasteiger partial charge in [-0.1, -0.05) is 61.5 Å². The average molecular weight is 484 g/mol. The molecule has 0 spiro atoms. The van der Waals surface area contributed by atoms with Crippen LogP contribution in [0.15, 0.2) is 96.0 Å². The van der Waals surface area contributed by atoms with E-state index in [1.807, 2.05) is 103 Å². The van der Waals surface area contributed by atoms with Crippen molar-refractivity contribution >= 4 is 47.1 Å². The Morgan fingerprint density at radius 1 is 0.829 bits per heavy atom. The minimum Gasteiger partial charge on any atom is -0.362 e. The van der Waals surface area contributed by atoms with Crippen LogP contribution in [0.2, 0.25) is 0 Å². The van der Waals surface area contributed by atoms with Crippen molar-refractivity contribution in [3.8, 4) is 0 Å². The minimum atomic E-state index is -0.160. The molecule has 1 N–H and O–H groups in total. The van der Waals surface area contributed by atoms with Gasteiger partial charge in [-0.25, -0.2) is 9.97 Å². The Morgan fingerprint density at radius 3 is 1.86 bits per heavy atom. The zero-order valence-electron chi connectivity index (χ0n) is 19.9. The summed E-state index contributed by atoms with van der Waals surface area (Å²) in [4.78, 5) is 26.5. The van der Waals surface area contributed by atoms with Crippen LogP contribution >= 0.6 is 12.6 Å². The first-order valence-electron chi connectivity index (χ1n) is 11.6. The largest absolute Gasteiger partial charge is 0.362 e. The Hall–Kier alpha value is -3.84. The molecule has 0 bridgehead atoms. The number of anilines is 5. The molecule has 0 unspecified atom stereocenters. The normalized spacial score (nSPS) is 10.6. The Bertz CT molecular complexity index is 1210. The van der Waals surface area contributed by atoms with Gasteiger partial charge in [-0.05, 0) is 49.7 Å². The Kier molecular flexibility index (Phi) is 8.00. The number of nitrogens with zero attached hydrogens (tertiary/aromatic N) is 4. The monoisotopic (exact) mass is 483 g/mol. The van der Waals surface area contributed by atoms with Crippen molar-refractivity contribution < 1.29 is 4.79 Å². The van der Waals surface area contributed by atoms with Crippen molar-refractivity contribution in [1.82, 2.24) is 9.97 Å². The Balaban J connectivity index is 1.71. The lowest BCUT2D eigenvalue weighted by Gasteiger charge is -2.28. The second-order valence-corrected chi connectivity index (χ2v) is 8.53. The van der Waals surface area contributed by atoms with Crippen LogP contribution in [0.25, 0.3) is 0 Å². The Morgan fingerprint density at radius 2 is 1.34 bits per heavy atom. The van der Waals surface area contributed by atoms with Crippen molar-refractivity contribution in [2.24, 2.45) is 0 Å². The van der Waals surface area contributed by atoms with Gasteiger partial charge in [0.05, 0.1) is 6.54 Å². The van der Waals surface area contributed by atoms with Gasteiger partial charge in [0.2, 0.25) is 5.91 Å². The summed E-state index contributed by atoms with van der Waals surface area (Å²) in [6, 6.07) is 29.8. The lowest BCUT2D eigenvalue weighted by Crippen LogP contribution is -2.34. The quantitative estimate of drug-likeness (QED) is 0.213. The van der Waals surface area contributed by atoms with Gasteiger partial charge in [-0.3, -0.25) is 9.69 Å². The van der Waals surface area contributed by atoms with E-state index in [1.54, 1.807) is 0 Å². The van der Waals surface area contributed by atoms with Crippen molar-refractivity contribution in [2.45, 2.75) is 25.3 Å². The molecular weight excluding hydrogens is 454 g/mol. The molecule has 7 heteroatoms. The van der Waals surface area contributed by atoms with Crippen molar-refractivity contribution in [2.75, 3.05) is 28.2 Å². The van der Waals surface area contributed by atoms with Crippen molar-refractivity contribution in [1.29, 1.82) is 0 Å². The number of carbonyl (C=O) groups excluding carboxylic acids is 1. The number of amides is 1. The number of benzene rings is 3. The van der Waals surface area contributed by atoms with Crippen LogP contribution in [0, 0.1) is 6.92 Å². The van der Waals surface area contributed by atoms with Crippen molar-refractivity contribution in [3.63, 3.8) is 0 Å². The van der Waals surface area contributed by atoms with Crippen LogP contribution in [0.5, 0.6) is 0 Å². The van der Waals surface area contributed by atoms with Crippen LogP contribution in [-0.4, -0.2) is 29.0 Å². The number of nitrogens with one attached hydrogen (secondary N) is 1. The topological polar surface area (TPSA) is 61.4 Å². The van der Waals surface area contributed by atoms with Gasteiger partial charge >= 0.3 is 0 Å². The summed E-state index contributed by atoms with van der Waals surface area (Å²) in [5.41, 5.74) is 3.31. The molecule has 4 rings (SSSR count). The number of carbonyl (C=O) groups is 1. The van der Waals surface area contributed by atoms with Crippen LogP contribution in [0.1, 0.15) is 19.2 Å². The van der Waals surface area contributed by atoms with E-state index in [0.29, 0.717) is 22.4 Å². The lowest BCUT2D eigenvalue weighted by molar-refractivity contribution is -0.115. The van der Waals surface area contributed by atoms with E-state index in [9.17, 15) is 4.79 Å². The molecule has 0 aliphatic rings. The standard InChI is InChI=1S/C28H29N5OS/c1-3-19-32(22-13-7-4-8-14-22)20-25(34)31-26-27(29-21(2)30-28(26)35)33(23-15-9-5-10-16-23)24-17-11-6-12-18-24/h4-18H,3,19-20H2,1-2H3,(H,31,34)(H,29,30,35). The molecule has 0 fully saturated rings. The third kappa shape index (κ3) is 6.00. The van der Waals surface area contributed by atoms with Gasteiger partial charge in [0.15, 0.2) is 5.82 Å². The number of hydrogen-bond donors (Lipinski definition) is 2. The molecule has 178 valence electrons. The fourth-order valence-corrected chi connectivity index (χ4v) is 4.23. The number of thiol groups is 1. The number of hydrogen-bond acceptors (Lipinski definition) is 6. The van der Waals surface area contributed by atoms with E-state index in [1.165, 1.54) is 0 Å². The highest BCUT2D eigenvalue weighted by Gasteiger charge is 2.23. The maximum atomic E-state index is 13.3. The third-order valence-corrected chi connectivity index (χ3v) is 5.76. The smallest absolute Gasteiger partial charge is 0.244 e. The summed E-state index contributed by atoms with van der Waals surface area (Å²) >= 11 is 4.63.